The van der Waals surface area contributed by atoms with Crippen molar-refractivity contribution in [1.82, 2.24) is 4.90 Å². The first-order chi connectivity index (χ1) is 6.86. The Morgan fingerprint density at radius 2 is 2.36 bits per heavy atom. The zero-order valence-electron chi connectivity index (χ0n) is 8.20. The Hall–Kier alpha value is -0.480. The van der Waals surface area contributed by atoms with Gasteiger partial charge in [-0.3, -0.25) is 4.99 Å². The maximum absolute atomic E-state index is 6.11. The van der Waals surface area contributed by atoms with Gasteiger partial charge in [0.25, 0.3) is 0 Å². The van der Waals surface area contributed by atoms with E-state index in [1.807, 2.05) is 11.8 Å². The van der Waals surface area contributed by atoms with Gasteiger partial charge in [-0.15, -0.1) is 0 Å². The lowest BCUT2D eigenvalue weighted by Crippen LogP contribution is -2.31. The highest BCUT2D eigenvalue weighted by Crippen LogP contribution is 2.42. The summed E-state index contributed by atoms with van der Waals surface area (Å²) in [7, 11) is 0. The molecule has 1 atom stereocenters. The number of rotatable bonds is 0. The van der Waals surface area contributed by atoms with Crippen molar-refractivity contribution in [2.45, 2.75) is 31.7 Å². The predicted octanol–water partition coefficient (Wildman–Crippen LogP) is 1.52. The Labute approximate surface area is 88.4 Å². The zero-order chi connectivity index (χ0) is 9.54. The van der Waals surface area contributed by atoms with Crippen molar-refractivity contribution in [3.05, 3.63) is 10.6 Å². The van der Waals surface area contributed by atoms with E-state index in [-0.39, 0.29) is 6.04 Å². The van der Waals surface area contributed by atoms with Crippen LogP contribution in [0.1, 0.15) is 25.7 Å². The predicted molar refractivity (Wildman–Crippen MR) is 60.1 cm³/mol. The van der Waals surface area contributed by atoms with Gasteiger partial charge in [-0.25, -0.2) is 0 Å². The second kappa shape index (κ2) is 3.28. The molecule has 76 valence electrons. The zero-order valence-corrected chi connectivity index (χ0v) is 9.02. The van der Waals surface area contributed by atoms with Gasteiger partial charge in [-0.1, -0.05) is 11.8 Å². The van der Waals surface area contributed by atoms with Gasteiger partial charge in [0.15, 0.2) is 5.17 Å². The van der Waals surface area contributed by atoms with E-state index in [1.54, 1.807) is 0 Å². The number of nitrogens with two attached hydrogens (primary N) is 1. The average molecular weight is 209 g/mol. The standard InChI is InChI=1S/C10H15N3S/c11-7-3-1-4-8-9(7)14-10-12-5-2-6-13(8)10/h7H,1-6,11H2. The molecule has 0 aromatic heterocycles. The first-order valence-corrected chi connectivity index (χ1v) is 6.16. The normalized spacial score (nSPS) is 31.4. The molecule has 0 aromatic rings. The third kappa shape index (κ3) is 1.21. The van der Waals surface area contributed by atoms with Crippen molar-refractivity contribution < 1.29 is 0 Å². The summed E-state index contributed by atoms with van der Waals surface area (Å²) in [6.45, 7) is 2.14. The van der Waals surface area contributed by atoms with Gasteiger partial charge >= 0.3 is 0 Å². The Morgan fingerprint density at radius 1 is 1.43 bits per heavy atom. The largest absolute Gasteiger partial charge is 0.324 e. The van der Waals surface area contributed by atoms with Crippen LogP contribution in [0.15, 0.2) is 15.6 Å². The van der Waals surface area contributed by atoms with E-state index in [0.29, 0.717) is 0 Å². The molecule has 2 heterocycles. The monoisotopic (exact) mass is 209 g/mol. The van der Waals surface area contributed by atoms with Crippen molar-refractivity contribution in [3.63, 3.8) is 0 Å². The van der Waals surface area contributed by atoms with Crippen molar-refractivity contribution in [2.24, 2.45) is 10.7 Å². The van der Waals surface area contributed by atoms with E-state index in [4.69, 9.17) is 5.73 Å². The van der Waals surface area contributed by atoms with Crippen LogP contribution in [-0.2, 0) is 0 Å². The van der Waals surface area contributed by atoms with Crippen LogP contribution in [0.25, 0.3) is 0 Å². The average Bonchev–Trinajstić information content (AvgIpc) is 2.59. The molecule has 1 unspecified atom stereocenters. The molecule has 0 fully saturated rings. The Bertz CT molecular complexity index is 321. The topological polar surface area (TPSA) is 41.6 Å². The van der Waals surface area contributed by atoms with Crippen molar-refractivity contribution in [1.29, 1.82) is 0 Å². The third-order valence-corrected chi connectivity index (χ3v) is 4.39. The molecule has 14 heavy (non-hydrogen) atoms. The molecule has 0 spiro atoms. The van der Waals surface area contributed by atoms with Crippen LogP contribution in [-0.4, -0.2) is 29.2 Å². The quantitative estimate of drug-likeness (QED) is 0.657. The van der Waals surface area contributed by atoms with Crippen molar-refractivity contribution >= 4 is 16.9 Å². The highest BCUT2D eigenvalue weighted by molar-refractivity contribution is 8.17. The molecule has 0 amide bonds. The number of thioether (sulfide) groups is 1. The minimum atomic E-state index is 0.275. The molecule has 3 nitrogen and oxygen atoms in total. The summed E-state index contributed by atoms with van der Waals surface area (Å²) < 4.78 is 0. The van der Waals surface area contributed by atoms with Crippen LogP contribution in [0.5, 0.6) is 0 Å². The van der Waals surface area contributed by atoms with Gasteiger partial charge in [-0.05, 0) is 25.7 Å². The minimum absolute atomic E-state index is 0.275. The van der Waals surface area contributed by atoms with Gasteiger partial charge < -0.3 is 10.6 Å². The van der Waals surface area contributed by atoms with Gasteiger partial charge in [0.1, 0.15) is 0 Å². The number of aliphatic imine (C=N–C) groups is 1. The highest BCUT2D eigenvalue weighted by Gasteiger charge is 2.35. The molecule has 0 aromatic carbocycles. The van der Waals surface area contributed by atoms with Crippen LogP contribution in [0.2, 0.25) is 0 Å². The number of nitrogens with zero attached hydrogens (tertiary/aromatic N) is 2. The molecule has 2 aliphatic heterocycles. The molecule has 0 saturated carbocycles. The summed E-state index contributed by atoms with van der Waals surface area (Å²) in [5, 5.41) is 1.21. The lowest BCUT2D eigenvalue weighted by Gasteiger charge is -2.27. The van der Waals surface area contributed by atoms with E-state index in [2.05, 4.69) is 9.89 Å². The molecule has 4 heteroatoms. The Morgan fingerprint density at radius 3 is 3.29 bits per heavy atom. The summed E-state index contributed by atoms with van der Waals surface area (Å²) in [6.07, 6.45) is 4.78. The number of hydrogen-bond acceptors (Lipinski definition) is 4. The van der Waals surface area contributed by atoms with Crippen LogP contribution in [0, 0.1) is 0 Å². The van der Waals surface area contributed by atoms with Crippen LogP contribution in [0.4, 0.5) is 0 Å². The molecule has 2 N–H and O–H groups in total. The van der Waals surface area contributed by atoms with E-state index >= 15 is 0 Å². The first-order valence-electron chi connectivity index (χ1n) is 5.35. The maximum atomic E-state index is 6.11. The molecule has 1 aliphatic carbocycles. The fourth-order valence-electron chi connectivity index (χ4n) is 2.38. The molecule has 0 saturated heterocycles. The number of amidine groups is 1. The van der Waals surface area contributed by atoms with Crippen molar-refractivity contribution in [3.8, 4) is 0 Å². The first kappa shape index (κ1) is 8.80. The minimum Gasteiger partial charge on any atom is -0.324 e. The molecule has 0 radical (unpaired) electrons. The Balaban J connectivity index is 1.97. The smallest absolute Gasteiger partial charge is 0.168 e. The number of hydrogen-bond donors (Lipinski definition) is 1. The van der Waals surface area contributed by atoms with Gasteiger partial charge in [0, 0.05) is 29.7 Å². The van der Waals surface area contributed by atoms with Crippen molar-refractivity contribution in [2.75, 3.05) is 13.1 Å². The summed E-state index contributed by atoms with van der Waals surface area (Å²) in [5.41, 5.74) is 7.59. The summed E-state index contributed by atoms with van der Waals surface area (Å²) in [6, 6.07) is 0.275. The van der Waals surface area contributed by atoms with Gasteiger partial charge in [0.05, 0.1) is 0 Å². The summed E-state index contributed by atoms with van der Waals surface area (Å²) in [4.78, 5) is 8.35. The molecule has 0 bridgehead atoms. The summed E-state index contributed by atoms with van der Waals surface area (Å²) >= 11 is 1.82. The number of fused-ring (bicyclic) bond motifs is 2. The highest BCUT2D eigenvalue weighted by atomic mass is 32.2. The second-order valence-electron chi connectivity index (χ2n) is 4.08. The second-order valence-corrected chi connectivity index (χ2v) is 5.09. The van der Waals surface area contributed by atoms with E-state index in [9.17, 15) is 0 Å². The van der Waals surface area contributed by atoms with E-state index in [0.717, 1.165) is 19.5 Å². The molecular weight excluding hydrogens is 194 g/mol. The Kier molecular flexibility index (Phi) is 2.06. The van der Waals surface area contributed by atoms with E-state index < -0.39 is 0 Å². The lowest BCUT2D eigenvalue weighted by molar-refractivity contribution is 0.441. The molecule has 3 aliphatic rings. The fraction of sp³-hybridized carbons (Fsp3) is 0.700. The summed E-state index contributed by atoms with van der Waals surface area (Å²) in [5.74, 6) is 0. The maximum Gasteiger partial charge on any atom is 0.168 e. The third-order valence-electron chi connectivity index (χ3n) is 3.09. The SMILES string of the molecule is NC1CCCC2=C1SC1=NCCCN12. The lowest BCUT2D eigenvalue weighted by atomic mass is 9.99. The van der Waals surface area contributed by atoms with Crippen LogP contribution in [0.3, 0.4) is 0 Å². The molecular formula is C10H15N3S. The van der Waals surface area contributed by atoms with Crippen LogP contribution >= 0.6 is 11.8 Å². The van der Waals surface area contributed by atoms with Gasteiger partial charge in [0.2, 0.25) is 0 Å². The van der Waals surface area contributed by atoms with E-state index in [1.165, 1.54) is 35.0 Å². The number of allylic oxidation sites excluding steroid dienone is 1. The fourth-order valence-corrected chi connectivity index (χ4v) is 3.64. The molecule has 3 rings (SSSR count). The van der Waals surface area contributed by atoms with Crippen LogP contribution < -0.4 is 5.73 Å². The van der Waals surface area contributed by atoms with Gasteiger partial charge in [-0.2, -0.15) is 0 Å².